The summed E-state index contributed by atoms with van der Waals surface area (Å²) in [4.78, 5) is 2.28. The number of aliphatic hydroxyl groups is 1. The summed E-state index contributed by atoms with van der Waals surface area (Å²) < 4.78 is 5.74. The van der Waals surface area contributed by atoms with Crippen LogP contribution in [0.25, 0.3) is 5.57 Å². The van der Waals surface area contributed by atoms with E-state index in [9.17, 15) is 5.11 Å². The minimum Gasteiger partial charge on any atom is -0.491 e. The van der Waals surface area contributed by atoms with E-state index in [1.165, 1.54) is 22.3 Å². The molecule has 25 heavy (non-hydrogen) atoms. The lowest BCUT2D eigenvalue weighted by atomic mass is 9.99. The summed E-state index contributed by atoms with van der Waals surface area (Å²) in [7, 11) is 0. The predicted molar refractivity (Wildman–Crippen MR) is 103 cm³/mol. The maximum atomic E-state index is 10.3. The summed E-state index contributed by atoms with van der Waals surface area (Å²) in [5, 5.41) is 10.3. The summed E-state index contributed by atoms with van der Waals surface area (Å²) >= 11 is 0. The first-order valence-electron chi connectivity index (χ1n) is 8.97. The molecule has 3 nitrogen and oxygen atoms in total. The molecular weight excluding hydrogens is 310 g/mol. The van der Waals surface area contributed by atoms with Crippen LogP contribution in [0.3, 0.4) is 0 Å². The van der Waals surface area contributed by atoms with E-state index in [-0.39, 0.29) is 0 Å². The van der Waals surface area contributed by atoms with Gasteiger partial charge in [-0.15, -0.1) is 0 Å². The second-order valence-electron chi connectivity index (χ2n) is 6.82. The quantitative estimate of drug-likeness (QED) is 0.869. The molecule has 1 aliphatic heterocycles. The molecule has 132 valence electrons. The Labute approximate surface area is 150 Å². The molecule has 1 atom stereocenters. The van der Waals surface area contributed by atoms with Gasteiger partial charge >= 0.3 is 0 Å². The number of benzene rings is 2. The molecule has 1 N–H and O–H groups in total. The first-order valence-corrected chi connectivity index (χ1v) is 8.97. The number of aliphatic hydroxyl groups excluding tert-OH is 1. The van der Waals surface area contributed by atoms with Crippen LogP contribution < -0.4 is 4.74 Å². The van der Waals surface area contributed by atoms with Gasteiger partial charge in [-0.05, 0) is 54.7 Å². The largest absolute Gasteiger partial charge is 0.491 e. The Bertz CT molecular complexity index is 724. The van der Waals surface area contributed by atoms with E-state index in [1.807, 2.05) is 18.2 Å². The molecule has 0 bridgehead atoms. The van der Waals surface area contributed by atoms with Crippen LogP contribution in [-0.2, 0) is 0 Å². The van der Waals surface area contributed by atoms with Crippen LogP contribution in [0.4, 0.5) is 0 Å². The van der Waals surface area contributed by atoms with Crippen molar-refractivity contribution >= 4 is 5.57 Å². The van der Waals surface area contributed by atoms with Crippen molar-refractivity contribution in [3.8, 4) is 5.75 Å². The third-order valence-electron chi connectivity index (χ3n) is 4.83. The van der Waals surface area contributed by atoms with E-state index in [0.717, 1.165) is 25.3 Å². The zero-order valence-electron chi connectivity index (χ0n) is 15.1. The summed E-state index contributed by atoms with van der Waals surface area (Å²) in [6.07, 6.45) is 2.82. The number of β-amino-alcohol motifs (C(OH)–C–C–N with tert-alkyl or cyclic N) is 1. The van der Waals surface area contributed by atoms with Gasteiger partial charge in [0.1, 0.15) is 18.5 Å². The van der Waals surface area contributed by atoms with Gasteiger partial charge in [-0.1, -0.05) is 42.5 Å². The molecule has 2 aromatic rings. The number of hydrogen-bond acceptors (Lipinski definition) is 3. The van der Waals surface area contributed by atoms with E-state index in [1.54, 1.807) is 0 Å². The van der Waals surface area contributed by atoms with Crippen LogP contribution in [0.1, 0.15) is 23.1 Å². The molecule has 3 heteroatoms. The lowest BCUT2D eigenvalue weighted by molar-refractivity contribution is 0.0716. The van der Waals surface area contributed by atoms with Gasteiger partial charge in [-0.2, -0.15) is 0 Å². The minimum atomic E-state index is -0.478. The molecule has 0 radical (unpaired) electrons. The van der Waals surface area contributed by atoms with Gasteiger partial charge < -0.3 is 9.84 Å². The average molecular weight is 337 g/mol. The highest BCUT2D eigenvalue weighted by molar-refractivity contribution is 5.66. The number of aryl methyl sites for hydroxylation is 2. The monoisotopic (exact) mass is 337 g/mol. The average Bonchev–Trinajstić information content (AvgIpc) is 2.64. The topological polar surface area (TPSA) is 32.7 Å². The van der Waals surface area contributed by atoms with E-state index in [4.69, 9.17) is 4.74 Å². The van der Waals surface area contributed by atoms with Crippen LogP contribution in [0, 0.1) is 13.8 Å². The highest BCUT2D eigenvalue weighted by Gasteiger charge is 2.16. The van der Waals surface area contributed by atoms with E-state index >= 15 is 0 Å². The molecule has 1 aliphatic rings. The maximum Gasteiger partial charge on any atom is 0.119 e. The second kappa shape index (κ2) is 8.32. The third-order valence-corrected chi connectivity index (χ3v) is 4.83. The first-order chi connectivity index (χ1) is 12.1. The molecule has 0 fully saturated rings. The Morgan fingerprint density at radius 1 is 1.08 bits per heavy atom. The smallest absolute Gasteiger partial charge is 0.119 e. The van der Waals surface area contributed by atoms with Crippen molar-refractivity contribution < 1.29 is 9.84 Å². The van der Waals surface area contributed by atoms with Crippen LogP contribution in [-0.4, -0.2) is 42.4 Å². The van der Waals surface area contributed by atoms with Crippen LogP contribution in [0.2, 0.25) is 0 Å². The van der Waals surface area contributed by atoms with Gasteiger partial charge in [0.05, 0.1) is 0 Å². The molecule has 1 unspecified atom stereocenters. The fourth-order valence-corrected chi connectivity index (χ4v) is 3.14. The third kappa shape index (κ3) is 4.94. The van der Waals surface area contributed by atoms with Crippen molar-refractivity contribution in [3.63, 3.8) is 0 Å². The molecule has 3 rings (SSSR count). The fourth-order valence-electron chi connectivity index (χ4n) is 3.14. The summed E-state index contributed by atoms with van der Waals surface area (Å²) in [6.45, 7) is 6.98. The summed E-state index contributed by atoms with van der Waals surface area (Å²) in [6, 6.07) is 16.6. The van der Waals surface area contributed by atoms with E-state index < -0.39 is 6.10 Å². The van der Waals surface area contributed by atoms with Gasteiger partial charge in [0.25, 0.3) is 0 Å². The number of hydrogen-bond donors (Lipinski definition) is 1. The predicted octanol–water partition coefficient (Wildman–Crippen LogP) is 3.83. The van der Waals surface area contributed by atoms with Gasteiger partial charge in [-0.25, -0.2) is 0 Å². The number of ether oxygens (including phenoxy) is 1. The standard InChI is InChI=1S/C22H27NO2/c1-17-8-9-22(14-18(17)2)25-16-21(24)15-23-12-10-20(11-13-23)19-6-4-3-5-7-19/h3-10,14,21,24H,11-13,15-16H2,1-2H3. The fraction of sp³-hybridized carbons (Fsp3) is 0.364. The molecule has 0 spiro atoms. The van der Waals surface area contributed by atoms with E-state index in [2.05, 4.69) is 55.2 Å². The molecule has 0 saturated carbocycles. The van der Waals surface area contributed by atoms with Crippen LogP contribution in [0.5, 0.6) is 5.75 Å². The Kier molecular flexibility index (Phi) is 5.90. The SMILES string of the molecule is Cc1ccc(OCC(O)CN2CC=C(c3ccccc3)CC2)cc1C. The summed E-state index contributed by atoms with van der Waals surface area (Å²) in [5.74, 6) is 0.826. The Balaban J connectivity index is 1.47. The molecule has 0 aliphatic carbocycles. The zero-order chi connectivity index (χ0) is 17.6. The zero-order valence-corrected chi connectivity index (χ0v) is 15.1. The van der Waals surface area contributed by atoms with Crippen molar-refractivity contribution in [2.45, 2.75) is 26.4 Å². The molecule has 0 saturated heterocycles. The maximum absolute atomic E-state index is 10.3. The second-order valence-corrected chi connectivity index (χ2v) is 6.82. The van der Waals surface area contributed by atoms with Crippen LogP contribution in [0.15, 0.2) is 54.6 Å². The Morgan fingerprint density at radius 2 is 1.88 bits per heavy atom. The van der Waals surface area contributed by atoms with Crippen molar-refractivity contribution in [2.75, 3.05) is 26.2 Å². The lowest BCUT2D eigenvalue weighted by Crippen LogP contribution is -2.38. The minimum absolute atomic E-state index is 0.328. The summed E-state index contributed by atoms with van der Waals surface area (Å²) in [5.41, 5.74) is 5.17. The van der Waals surface area contributed by atoms with Gasteiger partial charge in [-0.3, -0.25) is 4.90 Å². The normalized spacial score (nSPS) is 16.4. The van der Waals surface area contributed by atoms with Crippen molar-refractivity contribution in [3.05, 3.63) is 71.3 Å². The van der Waals surface area contributed by atoms with E-state index in [0.29, 0.717) is 13.2 Å². The van der Waals surface area contributed by atoms with Crippen LogP contribution >= 0.6 is 0 Å². The van der Waals surface area contributed by atoms with Crippen molar-refractivity contribution in [1.82, 2.24) is 4.90 Å². The highest BCUT2D eigenvalue weighted by Crippen LogP contribution is 2.22. The molecule has 0 amide bonds. The highest BCUT2D eigenvalue weighted by atomic mass is 16.5. The molecule has 1 heterocycles. The van der Waals surface area contributed by atoms with Gasteiger partial charge in [0.2, 0.25) is 0 Å². The van der Waals surface area contributed by atoms with Crippen molar-refractivity contribution in [2.24, 2.45) is 0 Å². The number of rotatable bonds is 6. The number of nitrogens with zero attached hydrogens (tertiary/aromatic N) is 1. The first kappa shape index (κ1) is 17.7. The molecule has 2 aromatic carbocycles. The lowest BCUT2D eigenvalue weighted by Gasteiger charge is -2.28. The molecule has 0 aromatic heterocycles. The van der Waals surface area contributed by atoms with Gasteiger partial charge in [0, 0.05) is 19.6 Å². The Morgan fingerprint density at radius 3 is 2.56 bits per heavy atom. The van der Waals surface area contributed by atoms with Gasteiger partial charge in [0.15, 0.2) is 0 Å². The Hall–Kier alpha value is -2.10. The molecular formula is C22H27NO2. The van der Waals surface area contributed by atoms with Crippen molar-refractivity contribution in [1.29, 1.82) is 0 Å².